The van der Waals surface area contributed by atoms with Gasteiger partial charge in [-0.25, -0.2) is 4.98 Å². The first-order chi connectivity index (χ1) is 16.7. The van der Waals surface area contributed by atoms with Crippen molar-refractivity contribution in [2.75, 3.05) is 26.1 Å². The molecule has 1 amide bonds. The highest BCUT2D eigenvalue weighted by atomic mass is 16.5. The van der Waals surface area contributed by atoms with E-state index in [1.807, 2.05) is 60.7 Å². The number of hydrogen-bond acceptors (Lipinski definition) is 6. The Balaban J connectivity index is 1.40. The number of carbonyl (C=O) groups is 1. The molecule has 0 atom stereocenters. The van der Waals surface area contributed by atoms with E-state index < -0.39 is 0 Å². The van der Waals surface area contributed by atoms with Crippen LogP contribution in [0.25, 0.3) is 11.3 Å². The van der Waals surface area contributed by atoms with Crippen LogP contribution in [0.2, 0.25) is 0 Å². The molecule has 0 aliphatic carbocycles. The average Bonchev–Trinajstić information content (AvgIpc) is 2.89. The van der Waals surface area contributed by atoms with Gasteiger partial charge in [0.1, 0.15) is 0 Å². The van der Waals surface area contributed by atoms with Gasteiger partial charge in [0.25, 0.3) is 5.91 Å². The number of nitrogens with zero attached hydrogens (tertiary/aromatic N) is 2. The SMILES string of the molecule is COc1ccc(CCOc2cccc(-c3cccc(NC(=O)c4cccnc4)c3)n2)cc1OC. The summed E-state index contributed by atoms with van der Waals surface area (Å²) in [5.41, 5.74) is 3.87. The predicted octanol–water partition coefficient (Wildman–Crippen LogP) is 5.03. The van der Waals surface area contributed by atoms with Crippen molar-refractivity contribution in [2.45, 2.75) is 6.42 Å². The molecule has 4 rings (SSSR count). The minimum atomic E-state index is -0.217. The van der Waals surface area contributed by atoms with Gasteiger partial charge in [-0.1, -0.05) is 24.3 Å². The van der Waals surface area contributed by atoms with Crippen molar-refractivity contribution >= 4 is 11.6 Å². The fraction of sp³-hybridized carbons (Fsp3) is 0.148. The van der Waals surface area contributed by atoms with E-state index in [2.05, 4.69) is 15.3 Å². The number of anilines is 1. The fourth-order valence-electron chi connectivity index (χ4n) is 3.42. The lowest BCUT2D eigenvalue weighted by molar-refractivity contribution is 0.102. The van der Waals surface area contributed by atoms with Gasteiger partial charge in [-0.2, -0.15) is 0 Å². The van der Waals surface area contributed by atoms with Crippen LogP contribution < -0.4 is 19.5 Å². The third kappa shape index (κ3) is 5.69. The third-order valence-electron chi connectivity index (χ3n) is 5.15. The van der Waals surface area contributed by atoms with Gasteiger partial charge in [-0.05, 0) is 48.0 Å². The Hall–Kier alpha value is -4.39. The smallest absolute Gasteiger partial charge is 0.257 e. The van der Waals surface area contributed by atoms with Crippen molar-refractivity contribution in [1.29, 1.82) is 0 Å². The number of aromatic nitrogens is 2. The summed E-state index contributed by atoms with van der Waals surface area (Å²) in [6, 6.07) is 22.4. The number of amides is 1. The topological polar surface area (TPSA) is 82.6 Å². The molecule has 2 aromatic heterocycles. The van der Waals surface area contributed by atoms with Crippen LogP contribution in [0.3, 0.4) is 0 Å². The summed E-state index contributed by atoms with van der Waals surface area (Å²) in [6.07, 6.45) is 3.86. The molecule has 0 aliphatic heterocycles. The Kier molecular flexibility index (Phi) is 7.35. The summed E-state index contributed by atoms with van der Waals surface area (Å²) in [5, 5.41) is 2.90. The lowest BCUT2D eigenvalue weighted by Gasteiger charge is -2.11. The normalized spacial score (nSPS) is 10.4. The number of nitrogens with one attached hydrogen (secondary N) is 1. The molecule has 0 radical (unpaired) electrons. The van der Waals surface area contributed by atoms with Crippen LogP contribution in [0, 0.1) is 0 Å². The summed E-state index contributed by atoms with van der Waals surface area (Å²) in [7, 11) is 3.23. The van der Waals surface area contributed by atoms with E-state index in [1.165, 1.54) is 6.20 Å². The Morgan fingerprint density at radius 3 is 2.56 bits per heavy atom. The lowest BCUT2D eigenvalue weighted by atomic mass is 10.1. The highest BCUT2D eigenvalue weighted by Crippen LogP contribution is 2.28. The number of carbonyl (C=O) groups excluding carboxylic acids is 1. The number of hydrogen-bond donors (Lipinski definition) is 1. The molecule has 4 aromatic rings. The Bertz CT molecular complexity index is 1260. The molecule has 0 fully saturated rings. The van der Waals surface area contributed by atoms with Crippen molar-refractivity contribution < 1.29 is 19.0 Å². The van der Waals surface area contributed by atoms with Crippen LogP contribution in [0.15, 0.2) is 85.2 Å². The molecule has 34 heavy (non-hydrogen) atoms. The molecule has 2 aromatic carbocycles. The van der Waals surface area contributed by atoms with Gasteiger partial charge in [0, 0.05) is 36.1 Å². The Morgan fingerprint density at radius 1 is 0.912 bits per heavy atom. The molecule has 1 N–H and O–H groups in total. The predicted molar refractivity (Wildman–Crippen MR) is 131 cm³/mol. The van der Waals surface area contributed by atoms with Crippen molar-refractivity contribution in [2.24, 2.45) is 0 Å². The molecule has 172 valence electrons. The molecular formula is C27H25N3O4. The summed E-state index contributed by atoms with van der Waals surface area (Å²) in [4.78, 5) is 21.0. The quantitative estimate of drug-likeness (QED) is 0.381. The van der Waals surface area contributed by atoms with Crippen molar-refractivity contribution in [3.05, 3.63) is 96.3 Å². The lowest BCUT2D eigenvalue weighted by Crippen LogP contribution is -2.11. The van der Waals surface area contributed by atoms with Crippen LogP contribution >= 0.6 is 0 Å². The molecule has 0 saturated carbocycles. The highest BCUT2D eigenvalue weighted by molar-refractivity contribution is 6.04. The maximum absolute atomic E-state index is 12.4. The van der Waals surface area contributed by atoms with Crippen molar-refractivity contribution in [3.8, 4) is 28.6 Å². The van der Waals surface area contributed by atoms with E-state index in [9.17, 15) is 4.79 Å². The number of benzene rings is 2. The first-order valence-electron chi connectivity index (χ1n) is 10.8. The number of rotatable bonds is 9. The summed E-state index contributed by atoms with van der Waals surface area (Å²) in [6.45, 7) is 0.465. The van der Waals surface area contributed by atoms with Gasteiger partial charge in [0.15, 0.2) is 11.5 Å². The Labute approximate surface area is 198 Å². The van der Waals surface area contributed by atoms with Crippen LogP contribution in [0.5, 0.6) is 17.4 Å². The Morgan fingerprint density at radius 2 is 1.76 bits per heavy atom. The van der Waals surface area contributed by atoms with Crippen LogP contribution in [-0.2, 0) is 6.42 Å². The van der Waals surface area contributed by atoms with Crippen LogP contribution in [-0.4, -0.2) is 36.7 Å². The molecular weight excluding hydrogens is 430 g/mol. The molecule has 0 aliphatic rings. The zero-order chi connectivity index (χ0) is 23.8. The van der Waals surface area contributed by atoms with E-state index in [4.69, 9.17) is 14.2 Å². The summed E-state index contributed by atoms with van der Waals surface area (Å²) in [5.74, 6) is 1.70. The number of methoxy groups -OCH3 is 2. The van der Waals surface area contributed by atoms with Gasteiger partial charge in [-0.3, -0.25) is 9.78 Å². The van der Waals surface area contributed by atoms with Crippen molar-refractivity contribution in [3.63, 3.8) is 0 Å². The maximum atomic E-state index is 12.4. The largest absolute Gasteiger partial charge is 0.493 e. The monoisotopic (exact) mass is 455 g/mol. The zero-order valence-electron chi connectivity index (χ0n) is 19.0. The van der Waals surface area contributed by atoms with E-state index in [0.29, 0.717) is 41.7 Å². The minimum Gasteiger partial charge on any atom is -0.493 e. The number of pyridine rings is 2. The maximum Gasteiger partial charge on any atom is 0.257 e. The van der Waals surface area contributed by atoms with E-state index in [0.717, 1.165) is 16.8 Å². The summed E-state index contributed by atoms with van der Waals surface area (Å²) >= 11 is 0. The van der Waals surface area contributed by atoms with Gasteiger partial charge in [0.2, 0.25) is 5.88 Å². The first-order valence-corrected chi connectivity index (χ1v) is 10.8. The van der Waals surface area contributed by atoms with Crippen molar-refractivity contribution in [1.82, 2.24) is 9.97 Å². The highest BCUT2D eigenvalue weighted by Gasteiger charge is 2.09. The first kappa shape index (κ1) is 22.8. The molecule has 2 heterocycles. The second kappa shape index (κ2) is 11.0. The molecule has 0 saturated heterocycles. The second-order valence-electron chi connectivity index (χ2n) is 7.43. The molecule has 0 bridgehead atoms. The van der Waals surface area contributed by atoms with E-state index in [1.54, 1.807) is 32.5 Å². The van der Waals surface area contributed by atoms with Gasteiger partial charge in [0.05, 0.1) is 32.1 Å². The van der Waals surface area contributed by atoms with Gasteiger partial charge < -0.3 is 19.5 Å². The average molecular weight is 456 g/mol. The fourth-order valence-corrected chi connectivity index (χ4v) is 3.42. The zero-order valence-corrected chi connectivity index (χ0v) is 19.0. The van der Waals surface area contributed by atoms with E-state index >= 15 is 0 Å². The van der Waals surface area contributed by atoms with Gasteiger partial charge in [-0.15, -0.1) is 0 Å². The molecule has 0 unspecified atom stereocenters. The van der Waals surface area contributed by atoms with E-state index in [-0.39, 0.29) is 5.91 Å². The molecule has 7 heteroatoms. The minimum absolute atomic E-state index is 0.217. The number of ether oxygens (including phenoxy) is 3. The van der Waals surface area contributed by atoms with Crippen LogP contribution in [0.1, 0.15) is 15.9 Å². The molecule has 0 spiro atoms. The third-order valence-corrected chi connectivity index (χ3v) is 5.15. The van der Waals surface area contributed by atoms with Crippen LogP contribution in [0.4, 0.5) is 5.69 Å². The molecule has 7 nitrogen and oxygen atoms in total. The standard InChI is InChI=1S/C27H25N3O4/c1-32-24-12-11-19(16-25(24)33-2)13-15-34-26-10-4-9-23(30-26)20-6-3-8-22(17-20)29-27(31)21-7-5-14-28-18-21/h3-12,14,16-18H,13,15H2,1-2H3,(H,29,31). The summed E-state index contributed by atoms with van der Waals surface area (Å²) < 4.78 is 16.5. The second-order valence-corrected chi connectivity index (χ2v) is 7.43. The van der Waals surface area contributed by atoms with Gasteiger partial charge >= 0.3 is 0 Å².